The number of anilines is 1. The second kappa shape index (κ2) is 7.50. The summed E-state index contributed by atoms with van der Waals surface area (Å²) in [7, 11) is 0. The first-order chi connectivity index (χ1) is 13.9. The molecule has 0 radical (unpaired) electrons. The molecule has 0 spiro atoms. The van der Waals surface area contributed by atoms with E-state index in [0.29, 0.717) is 59.3 Å². The standard InChI is InChI=1S/C19H16F3N5OS/c1-11-8-12(19(20,21)22)2-3-13(11)15-14(9-23)18(27-4-6-28-7-5-27)29-16(15)17-24-10-25-26-17/h2-3,8,10H,4-7H2,1H3,(H,24,25,26). The number of hydrogen-bond acceptors (Lipinski definition) is 6. The lowest BCUT2D eigenvalue weighted by Gasteiger charge is -2.27. The van der Waals surface area contributed by atoms with Gasteiger partial charge in [-0.05, 0) is 30.2 Å². The number of nitrogens with zero attached hydrogens (tertiary/aromatic N) is 4. The maximum absolute atomic E-state index is 13.1. The Morgan fingerprint density at radius 1 is 1.28 bits per heavy atom. The molecule has 1 fully saturated rings. The van der Waals surface area contributed by atoms with Gasteiger partial charge in [0.25, 0.3) is 0 Å². The van der Waals surface area contributed by atoms with Crippen LogP contribution in [0, 0.1) is 18.3 Å². The average molecular weight is 419 g/mol. The number of rotatable bonds is 3. The molecule has 3 aromatic rings. The molecule has 0 amide bonds. The van der Waals surface area contributed by atoms with Crippen molar-refractivity contribution in [3.8, 4) is 27.9 Å². The van der Waals surface area contributed by atoms with Crippen molar-refractivity contribution in [2.75, 3.05) is 31.2 Å². The Kier molecular flexibility index (Phi) is 5.02. The predicted octanol–water partition coefficient (Wildman–Crippen LogP) is 4.24. The third-order valence-corrected chi connectivity index (χ3v) is 6.01. The number of nitrogens with one attached hydrogen (secondary N) is 1. The summed E-state index contributed by atoms with van der Waals surface area (Å²) in [5, 5.41) is 17.4. The van der Waals surface area contributed by atoms with E-state index in [4.69, 9.17) is 4.74 Å². The molecule has 6 nitrogen and oxygen atoms in total. The molecule has 1 N–H and O–H groups in total. The molecule has 1 saturated heterocycles. The van der Waals surface area contributed by atoms with Gasteiger partial charge in [-0.25, -0.2) is 4.98 Å². The van der Waals surface area contributed by atoms with Crippen molar-refractivity contribution in [3.05, 3.63) is 41.2 Å². The fourth-order valence-electron chi connectivity index (χ4n) is 3.37. The number of halogens is 3. The van der Waals surface area contributed by atoms with E-state index in [1.807, 2.05) is 0 Å². The maximum atomic E-state index is 13.1. The van der Waals surface area contributed by atoms with Crippen LogP contribution in [0.2, 0.25) is 0 Å². The van der Waals surface area contributed by atoms with Crippen molar-refractivity contribution >= 4 is 16.3 Å². The second-order valence-corrected chi connectivity index (χ2v) is 7.56. The number of nitriles is 1. The molecule has 150 valence electrons. The fraction of sp³-hybridized carbons (Fsp3) is 0.316. The summed E-state index contributed by atoms with van der Waals surface area (Å²) in [6.07, 6.45) is -3.07. The molecule has 0 aliphatic carbocycles. The van der Waals surface area contributed by atoms with Crippen LogP contribution in [0.1, 0.15) is 16.7 Å². The molecule has 1 aliphatic rings. The van der Waals surface area contributed by atoms with Gasteiger partial charge in [-0.2, -0.15) is 23.5 Å². The number of aromatic nitrogens is 3. The Bertz CT molecular complexity index is 1060. The molecule has 29 heavy (non-hydrogen) atoms. The first-order valence-electron chi connectivity index (χ1n) is 8.83. The van der Waals surface area contributed by atoms with Crippen LogP contribution in [0.15, 0.2) is 24.5 Å². The highest BCUT2D eigenvalue weighted by atomic mass is 32.1. The lowest BCUT2D eigenvalue weighted by atomic mass is 9.95. The van der Waals surface area contributed by atoms with Gasteiger partial charge in [0.1, 0.15) is 17.4 Å². The topological polar surface area (TPSA) is 77.8 Å². The number of ether oxygens (including phenoxy) is 1. The highest BCUT2D eigenvalue weighted by Crippen LogP contribution is 2.47. The zero-order valence-corrected chi connectivity index (χ0v) is 16.2. The van der Waals surface area contributed by atoms with Gasteiger partial charge in [-0.1, -0.05) is 6.07 Å². The number of aryl methyl sites for hydroxylation is 1. The van der Waals surface area contributed by atoms with E-state index in [2.05, 4.69) is 26.2 Å². The highest BCUT2D eigenvalue weighted by Gasteiger charge is 2.32. The summed E-state index contributed by atoms with van der Waals surface area (Å²) in [4.78, 5) is 6.94. The highest BCUT2D eigenvalue weighted by molar-refractivity contribution is 7.20. The van der Waals surface area contributed by atoms with Crippen LogP contribution in [-0.2, 0) is 10.9 Å². The molecule has 0 atom stereocenters. The number of aromatic amines is 1. The zero-order chi connectivity index (χ0) is 20.6. The van der Waals surface area contributed by atoms with Crippen LogP contribution in [-0.4, -0.2) is 41.5 Å². The van der Waals surface area contributed by atoms with E-state index in [1.54, 1.807) is 6.92 Å². The van der Waals surface area contributed by atoms with E-state index in [0.717, 1.165) is 17.1 Å². The van der Waals surface area contributed by atoms with Gasteiger partial charge in [0.05, 0.1) is 29.2 Å². The fourth-order valence-corrected chi connectivity index (χ4v) is 4.64. The van der Waals surface area contributed by atoms with Crippen LogP contribution in [0.5, 0.6) is 0 Å². The maximum Gasteiger partial charge on any atom is 0.416 e. The van der Waals surface area contributed by atoms with E-state index in [-0.39, 0.29) is 0 Å². The molecule has 3 heterocycles. The number of H-pyrrole nitrogens is 1. The summed E-state index contributed by atoms with van der Waals surface area (Å²) in [6, 6.07) is 5.82. The van der Waals surface area contributed by atoms with Crippen molar-refractivity contribution in [1.29, 1.82) is 5.26 Å². The Balaban J connectivity index is 1.92. The van der Waals surface area contributed by atoms with E-state index < -0.39 is 11.7 Å². The van der Waals surface area contributed by atoms with Gasteiger partial charge in [-0.3, -0.25) is 5.10 Å². The number of morpholine rings is 1. The summed E-state index contributed by atoms with van der Waals surface area (Å²) in [5.41, 5.74) is 1.27. The van der Waals surface area contributed by atoms with Crippen LogP contribution in [0.25, 0.3) is 21.8 Å². The smallest absolute Gasteiger partial charge is 0.378 e. The monoisotopic (exact) mass is 419 g/mol. The van der Waals surface area contributed by atoms with Crippen molar-refractivity contribution in [1.82, 2.24) is 15.2 Å². The van der Waals surface area contributed by atoms with E-state index in [9.17, 15) is 18.4 Å². The molecule has 0 saturated carbocycles. The quantitative estimate of drug-likeness (QED) is 0.687. The first kappa shape index (κ1) is 19.4. The lowest BCUT2D eigenvalue weighted by molar-refractivity contribution is -0.137. The van der Waals surface area contributed by atoms with Crippen LogP contribution < -0.4 is 4.90 Å². The zero-order valence-electron chi connectivity index (χ0n) is 15.4. The summed E-state index contributed by atoms with van der Waals surface area (Å²) >= 11 is 1.38. The minimum absolute atomic E-state index is 0.422. The van der Waals surface area contributed by atoms with Crippen molar-refractivity contribution in [2.45, 2.75) is 13.1 Å². The molecule has 0 unspecified atom stereocenters. The summed E-state index contributed by atoms with van der Waals surface area (Å²) in [6.45, 7) is 3.99. The lowest BCUT2D eigenvalue weighted by Crippen LogP contribution is -2.36. The van der Waals surface area contributed by atoms with Crippen molar-refractivity contribution in [2.24, 2.45) is 0 Å². The van der Waals surface area contributed by atoms with Crippen LogP contribution >= 0.6 is 11.3 Å². The number of hydrogen-bond donors (Lipinski definition) is 1. The third-order valence-electron chi connectivity index (χ3n) is 4.75. The van der Waals surface area contributed by atoms with Gasteiger partial charge < -0.3 is 9.64 Å². The summed E-state index contributed by atoms with van der Waals surface area (Å²) < 4.78 is 44.7. The molecule has 2 aromatic heterocycles. The minimum atomic E-state index is -4.43. The van der Waals surface area contributed by atoms with Gasteiger partial charge >= 0.3 is 6.18 Å². The Labute approximate surface area is 168 Å². The largest absolute Gasteiger partial charge is 0.416 e. The van der Waals surface area contributed by atoms with Crippen molar-refractivity contribution < 1.29 is 17.9 Å². The van der Waals surface area contributed by atoms with E-state index in [1.165, 1.54) is 23.7 Å². The molecule has 0 bridgehead atoms. The number of benzene rings is 1. The Hall–Kier alpha value is -2.90. The van der Waals surface area contributed by atoms with Crippen molar-refractivity contribution in [3.63, 3.8) is 0 Å². The predicted molar refractivity (Wildman–Crippen MR) is 103 cm³/mol. The minimum Gasteiger partial charge on any atom is -0.378 e. The van der Waals surface area contributed by atoms with Gasteiger partial charge in [-0.15, -0.1) is 11.3 Å². The van der Waals surface area contributed by atoms with Crippen LogP contribution in [0.3, 0.4) is 0 Å². The number of thiophene rings is 1. The SMILES string of the molecule is Cc1cc(C(F)(F)F)ccc1-c1c(-c2ncn[nH]2)sc(N2CCOCC2)c1C#N. The summed E-state index contributed by atoms with van der Waals surface area (Å²) in [5.74, 6) is 0.473. The van der Waals surface area contributed by atoms with Gasteiger partial charge in [0.2, 0.25) is 0 Å². The van der Waals surface area contributed by atoms with E-state index >= 15 is 0 Å². The molecule has 1 aromatic carbocycles. The molecule has 10 heteroatoms. The molecular formula is C19H16F3N5OS. The van der Waals surface area contributed by atoms with Gasteiger partial charge in [0, 0.05) is 18.7 Å². The molecule has 4 rings (SSSR count). The van der Waals surface area contributed by atoms with Crippen LogP contribution in [0.4, 0.5) is 18.2 Å². The molecular weight excluding hydrogens is 403 g/mol. The Morgan fingerprint density at radius 3 is 2.62 bits per heavy atom. The third kappa shape index (κ3) is 3.59. The second-order valence-electron chi connectivity index (χ2n) is 6.56. The number of alkyl halides is 3. The Morgan fingerprint density at radius 2 is 2.03 bits per heavy atom. The normalized spacial score (nSPS) is 14.8. The van der Waals surface area contributed by atoms with Gasteiger partial charge in [0.15, 0.2) is 5.82 Å². The average Bonchev–Trinajstić information content (AvgIpc) is 3.35. The molecule has 1 aliphatic heterocycles. The first-order valence-corrected chi connectivity index (χ1v) is 9.65.